The summed E-state index contributed by atoms with van der Waals surface area (Å²) in [6.07, 6.45) is 1.46. The normalized spacial score (nSPS) is 17.8. The van der Waals surface area contributed by atoms with Gasteiger partial charge < -0.3 is 10.0 Å². The van der Waals surface area contributed by atoms with E-state index in [0.717, 1.165) is 18.4 Å². The number of rotatable bonds is 4. The number of fused-ring (bicyclic) bond motifs is 1. The molecule has 102 valence electrons. The van der Waals surface area contributed by atoms with Gasteiger partial charge in [-0.1, -0.05) is 38.5 Å². The molecule has 0 bridgehead atoms. The average Bonchev–Trinajstić information content (AvgIpc) is 2.41. The van der Waals surface area contributed by atoms with E-state index in [-0.39, 0.29) is 11.8 Å². The number of carboxylic acid groups (broad SMARTS) is 1. The van der Waals surface area contributed by atoms with Gasteiger partial charge in [0.2, 0.25) is 0 Å². The van der Waals surface area contributed by atoms with Gasteiger partial charge in [-0.05, 0) is 24.0 Å². The second-order valence-electron chi connectivity index (χ2n) is 5.07. The summed E-state index contributed by atoms with van der Waals surface area (Å²) in [5, 5.41) is 9.40. The first-order chi connectivity index (χ1) is 9.06. The molecule has 2 unspecified atom stereocenters. The van der Waals surface area contributed by atoms with Crippen molar-refractivity contribution in [2.75, 3.05) is 6.54 Å². The molecule has 1 N–H and O–H groups in total. The van der Waals surface area contributed by atoms with E-state index >= 15 is 0 Å². The molecule has 0 saturated carbocycles. The molecule has 1 amide bonds. The van der Waals surface area contributed by atoms with Crippen LogP contribution in [0.15, 0.2) is 24.3 Å². The number of amides is 1. The van der Waals surface area contributed by atoms with Gasteiger partial charge in [0.15, 0.2) is 0 Å². The first kappa shape index (κ1) is 13.6. The van der Waals surface area contributed by atoms with Crippen LogP contribution in [0.4, 0.5) is 0 Å². The third-order valence-corrected chi connectivity index (χ3v) is 3.90. The Kier molecular flexibility index (Phi) is 3.88. The van der Waals surface area contributed by atoms with Crippen molar-refractivity contribution in [3.8, 4) is 0 Å². The number of hydrogen-bond acceptors (Lipinski definition) is 2. The van der Waals surface area contributed by atoms with Gasteiger partial charge in [-0.3, -0.25) is 4.79 Å². The van der Waals surface area contributed by atoms with Crippen LogP contribution in [0.2, 0.25) is 0 Å². The van der Waals surface area contributed by atoms with E-state index in [2.05, 4.69) is 0 Å². The van der Waals surface area contributed by atoms with Crippen molar-refractivity contribution in [3.63, 3.8) is 0 Å². The number of aliphatic carboxylic acids is 1. The fourth-order valence-electron chi connectivity index (χ4n) is 2.62. The quantitative estimate of drug-likeness (QED) is 0.903. The van der Waals surface area contributed by atoms with Crippen LogP contribution < -0.4 is 0 Å². The highest BCUT2D eigenvalue weighted by Gasteiger charge is 2.36. The Morgan fingerprint density at radius 2 is 2.11 bits per heavy atom. The summed E-state index contributed by atoms with van der Waals surface area (Å²) < 4.78 is 0. The van der Waals surface area contributed by atoms with Gasteiger partial charge in [0.05, 0.1) is 0 Å². The molecule has 2 rings (SSSR count). The summed E-state index contributed by atoms with van der Waals surface area (Å²) in [5.74, 6) is -1.12. The van der Waals surface area contributed by atoms with E-state index in [1.54, 1.807) is 6.07 Å². The molecule has 1 heterocycles. The van der Waals surface area contributed by atoms with Crippen LogP contribution in [0.3, 0.4) is 0 Å². The van der Waals surface area contributed by atoms with Crippen molar-refractivity contribution in [2.45, 2.75) is 32.7 Å². The van der Waals surface area contributed by atoms with Gasteiger partial charge in [0.25, 0.3) is 5.91 Å². The van der Waals surface area contributed by atoms with Gasteiger partial charge in [0, 0.05) is 12.1 Å². The first-order valence-electron chi connectivity index (χ1n) is 6.68. The van der Waals surface area contributed by atoms with Gasteiger partial charge in [-0.25, -0.2) is 4.79 Å². The zero-order valence-corrected chi connectivity index (χ0v) is 11.3. The molecular formula is C15H19NO3. The maximum absolute atomic E-state index is 12.4. The molecule has 0 saturated heterocycles. The van der Waals surface area contributed by atoms with Gasteiger partial charge in [-0.15, -0.1) is 0 Å². The number of benzene rings is 1. The van der Waals surface area contributed by atoms with Crippen molar-refractivity contribution in [2.24, 2.45) is 5.92 Å². The lowest BCUT2D eigenvalue weighted by Crippen LogP contribution is -2.51. The Labute approximate surface area is 113 Å². The lowest BCUT2D eigenvalue weighted by Gasteiger charge is -2.35. The van der Waals surface area contributed by atoms with E-state index in [9.17, 15) is 14.7 Å². The standard InChI is InChI=1S/C15H19NO3/c1-3-10(2)13(15(18)19)16-9-8-11-6-4-5-7-12(11)14(16)17/h4-7,10,13H,3,8-9H2,1-2H3,(H,18,19). The van der Waals surface area contributed by atoms with Crippen molar-refractivity contribution < 1.29 is 14.7 Å². The Morgan fingerprint density at radius 1 is 1.42 bits per heavy atom. The van der Waals surface area contributed by atoms with Gasteiger partial charge in [-0.2, -0.15) is 0 Å². The molecule has 4 nitrogen and oxygen atoms in total. The molecule has 1 aromatic rings. The topological polar surface area (TPSA) is 57.6 Å². The second-order valence-corrected chi connectivity index (χ2v) is 5.07. The zero-order valence-electron chi connectivity index (χ0n) is 11.3. The van der Waals surface area contributed by atoms with Crippen molar-refractivity contribution in [1.82, 2.24) is 4.90 Å². The lowest BCUT2D eigenvalue weighted by atomic mass is 9.92. The third-order valence-electron chi connectivity index (χ3n) is 3.90. The van der Waals surface area contributed by atoms with Crippen LogP contribution in [-0.4, -0.2) is 34.5 Å². The highest BCUT2D eigenvalue weighted by molar-refractivity contribution is 5.98. The SMILES string of the molecule is CCC(C)C(C(=O)O)N1CCc2ccccc2C1=O. The molecule has 0 aliphatic carbocycles. The maximum Gasteiger partial charge on any atom is 0.326 e. The minimum atomic E-state index is -0.915. The van der Waals surface area contributed by atoms with Gasteiger partial charge in [0.1, 0.15) is 6.04 Å². The van der Waals surface area contributed by atoms with E-state index in [1.165, 1.54) is 4.90 Å². The van der Waals surface area contributed by atoms with Crippen LogP contribution in [-0.2, 0) is 11.2 Å². The molecule has 19 heavy (non-hydrogen) atoms. The molecule has 4 heteroatoms. The van der Waals surface area contributed by atoms with Crippen LogP contribution >= 0.6 is 0 Å². The number of carbonyl (C=O) groups is 2. The lowest BCUT2D eigenvalue weighted by molar-refractivity contribution is -0.144. The Bertz CT molecular complexity index is 498. The third kappa shape index (κ3) is 2.48. The molecule has 1 aromatic carbocycles. The monoisotopic (exact) mass is 261 g/mol. The maximum atomic E-state index is 12.4. The largest absolute Gasteiger partial charge is 0.480 e. The number of carbonyl (C=O) groups excluding carboxylic acids is 1. The smallest absolute Gasteiger partial charge is 0.326 e. The van der Waals surface area contributed by atoms with Crippen LogP contribution in [0.25, 0.3) is 0 Å². The van der Waals surface area contributed by atoms with E-state index in [4.69, 9.17) is 0 Å². The molecule has 0 aromatic heterocycles. The van der Waals surface area contributed by atoms with Crippen LogP contribution in [0.1, 0.15) is 36.2 Å². The van der Waals surface area contributed by atoms with Crippen molar-refractivity contribution in [3.05, 3.63) is 35.4 Å². The van der Waals surface area contributed by atoms with Crippen molar-refractivity contribution >= 4 is 11.9 Å². The summed E-state index contributed by atoms with van der Waals surface area (Å²) in [4.78, 5) is 25.4. The predicted molar refractivity (Wildman–Crippen MR) is 72.1 cm³/mol. The summed E-state index contributed by atoms with van der Waals surface area (Å²) in [6, 6.07) is 6.71. The highest BCUT2D eigenvalue weighted by atomic mass is 16.4. The predicted octanol–water partition coefficient (Wildman–Crippen LogP) is 2.18. The zero-order chi connectivity index (χ0) is 14.0. The van der Waals surface area contributed by atoms with E-state index in [1.807, 2.05) is 32.0 Å². The highest BCUT2D eigenvalue weighted by Crippen LogP contribution is 2.24. The molecule has 0 spiro atoms. The summed E-state index contributed by atoms with van der Waals surface area (Å²) in [6.45, 7) is 4.31. The van der Waals surface area contributed by atoms with E-state index in [0.29, 0.717) is 12.1 Å². The van der Waals surface area contributed by atoms with Gasteiger partial charge >= 0.3 is 5.97 Å². The number of nitrogens with zero attached hydrogens (tertiary/aromatic N) is 1. The second kappa shape index (κ2) is 5.43. The molecule has 2 atom stereocenters. The van der Waals surface area contributed by atoms with Crippen LogP contribution in [0.5, 0.6) is 0 Å². The fourth-order valence-corrected chi connectivity index (χ4v) is 2.62. The molecular weight excluding hydrogens is 242 g/mol. The first-order valence-corrected chi connectivity index (χ1v) is 6.68. The molecule has 1 aliphatic rings. The Balaban J connectivity index is 2.32. The minimum Gasteiger partial charge on any atom is -0.480 e. The molecule has 0 fully saturated rings. The number of carboxylic acids is 1. The molecule has 1 aliphatic heterocycles. The Morgan fingerprint density at radius 3 is 2.74 bits per heavy atom. The summed E-state index contributed by atoms with van der Waals surface area (Å²) in [7, 11) is 0. The summed E-state index contributed by atoms with van der Waals surface area (Å²) >= 11 is 0. The number of hydrogen-bond donors (Lipinski definition) is 1. The van der Waals surface area contributed by atoms with Crippen molar-refractivity contribution in [1.29, 1.82) is 0 Å². The average molecular weight is 261 g/mol. The van der Waals surface area contributed by atoms with E-state index < -0.39 is 12.0 Å². The molecule has 0 radical (unpaired) electrons. The van der Waals surface area contributed by atoms with Crippen LogP contribution in [0, 0.1) is 5.92 Å². The minimum absolute atomic E-state index is 0.0493. The summed E-state index contributed by atoms with van der Waals surface area (Å²) in [5.41, 5.74) is 1.65. The fraction of sp³-hybridized carbons (Fsp3) is 0.467. The Hall–Kier alpha value is -1.84.